The zero-order valence-corrected chi connectivity index (χ0v) is 13.0. The van der Waals surface area contributed by atoms with Crippen LogP contribution < -0.4 is 10.5 Å². The number of aromatic nitrogens is 1. The lowest BCUT2D eigenvalue weighted by Crippen LogP contribution is -2.21. The first-order chi connectivity index (χ1) is 10.1. The molecule has 1 aromatic carbocycles. The minimum absolute atomic E-state index is 0.195. The zero-order valence-electron chi connectivity index (χ0n) is 13.0. The van der Waals surface area contributed by atoms with E-state index >= 15 is 0 Å². The smallest absolute Gasteiger partial charge is 0.219 e. The van der Waals surface area contributed by atoms with Crippen molar-refractivity contribution in [2.24, 2.45) is 5.73 Å². The van der Waals surface area contributed by atoms with Crippen LogP contribution in [0, 0.1) is 0 Å². The van der Waals surface area contributed by atoms with Gasteiger partial charge in [-0.05, 0) is 36.0 Å². The topological polar surface area (TPSA) is 48.1 Å². The van der Waals surface area contributed by atoms with Gasteiger partial charge in [-0.2, -0.15) is 0 Å². The Bertz CT molecular complexity index is 564. The van der Waals surface area contributed by atoms with Crippen molar-refractivity contribution in [1.82, 2.24) is 4.98 Å². The van der Waals surface area contributed by atoms with Gasteiger partial charge in [-0.15, -0.1) is 0 Å². The highest BCUT2D eigenvalue weighted by Crippen LogP contribution is 2.29. The number of nitrogens with two attached hydrogens (primary N) is 1. The van der Waals surface area contributed by atoms with Crippen molar-refractivity contribution in [3.05, 3.63) is 53.7 Å². The molecule has 2 N–H and O–H groups in total. The molecule has 0 bridgehead atoms. The van der Waals surface area contributed by atoms with E-state index in [4.69, 9.17) is 10.5 Å². The van der Waals surface area contributed by atoms with Crippen LogP contribution in [0.5, 0.6) is 11.6 Å². The molecule has 0 spiro atoms. The first kappa shape index (κ1) is 15.5. The molecule has 1 unspecified atom stereocenters. The van der Waals surface area contributed by atoms with Crippen molar-refractivity contribution in [2.75, 3.05) is 0 Å². The summed E-state index contributed by atoms with van der Waals surface area (Å²) in [7, 11) is 0. The van der Waals surface area contributed by atoms with Gasteiger partial charge in [-0.25, -0.2) is 4.98 Å². The summed E-state index contributed by atoms with van der Waals surface area (Å²) < 4.78 is 5.91. The van der Waals surface area contributed by atoms with Crippen LogP contribution in [0.3, 0.4) is 0 Å². The molecular weight excluding hydrogens is 260 g/mol. The van der Waals surface area contributed by atoms with Crippen LogP contribution in [-0.4, -0.2) is 11.0 Å². The Morgan fingerprint density at radius 1 is 1.14 bits per heavy atom. The number of nitrogens with zero attached hydrogens (tertiary/aromatic N) is 1. The SMILES string of the molecule is CCC(N)Cc1ccc(Oc2ccccc2C(C)C)nc1. The number of ether oxygens (including phenoxy) is 1. The van der Waals surface area contributed by atoms with Crippen molar-refractivity contribution in [3.63, 3.8) is 0 Å². The van der Waals surface area contributed by atoms with Gasteiger partial charge in [0.1, 0.15) is 5.75 Å². The summed E-state index contributed by atoms with van der Waals surface area (Å²) in [4.78, 5) is 4.38. The van der Waals surface area contributed by atoms with Crippen LogP contribution in [-0.2, 0) is 6.42 Å². The van der Waals surface area contributed by atoms with Gasteiger partial charge in [0.05, 0.1) is 0 Å². The minimum atomic E-state index is 0.195. The fourth-order valence-corrected chi connectivity index (χ4v) is 2.20. The van der Waals surface area contributed by atoms with E-state index in [0.29, 0.717) is 11.8 Å². The summed E-state index contributed by atoms with van der Waals surface area (Å²) in [5.41, 5.74) is 8.30. The van der Waals surface area contributed by atoms with Gasteiger partial charge >= 0.3 is 0 Å². The number of rotatable bonds is 6. The van der Waals surface area contributed by atoms with Gasteiger partial charge in [-0.1, -0.05) is 45.0 Å². The van der Waals surface area contributed by atoms with Gasteiger partial charge < -0.3 is 10.5 Å². The maximum Gasteiger partial charge on any atom is 0.219 e. The molecule has 0 aliphatic rings. The molecule has 0 saturated heterocycles. The van der Waals surface area contributed by atoms with Gasteiger partial charge in [0.2, 0.25) is 5.88 Å². The molecule has 0 fully saturated rings. The Hall–Kier alpha value is -1.87. The Balaban J connectivity index is 2.10. The first-order valence-electron chi connectivity index (χ1n) is 7.57. The third-order valence-corrected chi connectivity index (χ3v) is 3.58. The average molecular weight is 284 g/mol. The van der Waals surface area contributed by atoms with Crippen LogP contribution in [0.15, 0.2) is 42.6 Å². The Morgan fingerprint density at radius 2 is 1.90 bits per heavy atom. The quantitative estimate of drug-likeness (QED) is 0.861. The summed E-state index contributed by atoms with van der Waals surface area (Å²) in [5.74, 6) is 1.91. The molecule has 1 heterocycles. The van der Waals surface area contributed by atoms with Crippen molar-refractivity contribution in [3.8, 4) is 11.6 Å². The van der Waals surface area contributed by atoms with E-state index in [1.54, 1.807) is 0 Å². The first-order valence-corrected chi connectivity index (χ1v) is 7.57. The van der Waals surface area contributed by atoms with E-state index in [9.17, 15) is 0 Å². The summed E-state index contributed by atoms with van der Waals surface area (Å²) >= 11 is 0. The second-order valence-corrected chi connectivity index (χ2v) is 5.67. The lowest BCUT2D eigenvalue weighted by atomic mass is 10.0. The lowest BCUT2D eigenvalue weighted by molar-refractivity contribution is 0.454. The van der Waals surface area contributed by atoms with Crippen LogP contribution in [0.1, 0.15) is 44.2 Å². The van der Waals surface area contributed by atoms with Crippen molar-refractivity contribution in [2.45, 2.75) is 45.6 Å². The summed E-state index contributed by atoms with van der Waals surface area (Å²) in [6, 6.07) is 12.2. The molecule has 1 aromatic heterocycles. The van der Waals surface area contributed by atoms with Crippen LogP contribution in [0.2, 0.25) is 0 Å². The molecule has 2 rings (SSSR count). The normalized spacial score (nSPS) is 12.4. The maximum atomic E-state index is 5.96. The molecule has 3 heteroatoms. The highest BCUT2D eigenvalue weighted by atomic mass is 16.5. The molecule has 1 atom stereocenters. The largest absolute Gasteiger partial charge is 0.439 e. The van der Waals surface area contributed by atoms with Gasteiger partial charge in [0, 0.05) is 18.3 Å². The van der Waals surface area contributed by atoms with Crippen LogP contribution in [0.4, 0.5) is 0 Å². The third-order valence-electron chi connectivity index (χ3n) is 3.58. The standard InChI is InChI=1S/C18H24N2O/c1-4-15(19)11-14-9-10-18(20-12-14)21-17-8-6-5-7-16(17)13(2)3/h5-10,12-13,15H,4,11,19H2,1-3H3. The minimum Gasteiger partial charge on any atom is -0.439 e. The van der Waals surface area contributed by atoms with E-state index < -0.39 is 0 Å². The molecule has 2 aromatic rings. The molecule has 3 nitrogen and oxygen atoms in total. The second-order valence-electron chi connectivity index (χ2n) is 5.67. The molecule has 0 aliphatic carbocycles. The summed E-state index contributed by atoms with van der Waals surface area (Å²) in [6.45, 7) is 6.41. The molecule has 0 amide bonds. The van der Waals surface area contributed by atoms with Gasteiger partial charge in [-0.3, -0.25) is 0 Å². The number of hydrogen-bond acceptors (Lipinski definition) is 3. The molecule has 0 saturated carbocycles. The second kappa shape index (κ2) is 7.23. The highest BCUT2D eigenvalue weighted by molar-refractivity contribution is 5.38. The summed E-state index contributed by atoms with van der Waals surface area (Å²) in [6.07, 6.45) is 3.68. The molecule has 112 valence electrons. The molecule has 21 heavy (non-hydrogen) atoms. The lowest BCUT2D eigenvalue weighted by Gasteiger charge is -2.13. The zero-order chi connectivity index (χ0) is 15.2. The van der Waals surface area contributed by atoms with Gasteiger partial charge in [0.25, 0.3) is 0 Å². The van der Waals surface area contributed by atoms with E-state index in [1.807, 2.05) is 36.5 Å². The van der Waals surface area contributed by atoms with Crippen LogP contribution in [0.25, 0.3) is 0 Å². The Kier molecular flexibility index (Phi) is 5.34. The monoisotopic (exact) mass is 284 g/mol. The van der Waals surface area contributed by atoms with Crippen LogP contribution >= 0.6 is 0 Å². The Morgan fingerprint density at radius 3 is 2.52 bits per heavy atom. The molecule has 0 aliphatic heterocycles. The maximum absolute atomic E-state index is 5.96. The van der Waals surface area contributed by atoms with E-state index in [0.717, 1.165) is 24.2 Å². The number of hydrogen-bond donors (Lipinski definition) is 1. The fourth-order valence-electron chi connectivity index (χ4n) is 2.20. The Labute approximate surface area is 127 Å². The van der Waals surface area contributed by atoms with E-state index in [2.05, 4.69) is 31.8 Å². The summed E-state index contributed by atoms with van der Waals surface area (Å²) in [5, 5.41) is 0. The number of benzene rings is 1. The van der Waals surface area contributed by atoms with E-state index in [1.165, 1.54) is 5.56 Å². The van der Waals surface area contributed by atoms with Crippen molar-refractivity contribution < 1.29 is 4.74 Å². The molecular formula is C18H24N2O. The third kappa shape index (κ3) is 4.30. The van der Waals surface area contributed by atoms with Crippen molar-refractivity contribution >= 4 is 0 Å². The fraction of sp³-hybridized carbons (Fsp3) is 0.389. The average Bonchev–Trinajstić information content (AvgIpc) is 2.49. The predicted molar refractivity (Wildman–Crippen MR) is 86.8 cm³/mol. The predicted octanol–water partition coefficient (Wildman–Crippen LogP) is 4.28. The van der Waals surface area contributed by atoms with Crippen molar-refractivity contribution in [1.29, 1.82) is 0 Å². The van der Waals surface area contributed by atoms with Gasteiger partial charge in [0.15, 0.2) is 0 Å². The van der Waals surface area contributed by atoms with E-state index in [-0.39, 0.29) is 6.04 Å². The number of pyridine rings is 1. The highest BCUT2D eigenvalue weighted by Gasteiger charge is 2.09. The number of para-hydroxylation sites is 1. The molecule has 0 radical (unpaired) electrons.